The van der Waals surface area contributed by atoms with Crippen molar-refractivity contribution >= 4 is 16.7 Å². The lowest BCUT2D eigenvalue weighted by Crippen LogP contribution is -2.46. The van der Waals surface area contributed by atoms with Crippen molar-refractivity contribution in [1.82, 2.24) is 10.2 Å². The first-order chi connectivity index (χ1) is 8.87. The molecule has 1 amide bonds. The van der Waals surface area contributed by atoms with Crippen LogP contribution >= 0.6 is 0 Å². The first kappa shape index (κ1) is 15.0. The summed E-state index contributed by atoms with van der Waals surface area (Å²) in [6, 6.07) is 0. The molecular weight excluding hydrogens is 260 g/mol. The van der Waals surface area contributed by atoms with Crippen molar-refractivity contribution in [2.45, 2.75) is 63.4 Å². The van der Waals surface area contributed by atoms with E-state index in [0.29, 0.717) is 12.5 Å². The first-order valence-electron chi connectivity index (χ1n) is 7.28. The molecule has 1 heterocycles. The largest absolute Gasteiger partial charge is 0.324 e. The number of nitrogens with one attached hydrogen (secondary N) is 1. The lowest BCUT2D eigenvalue weighted by Gasteiger charge is -2.28. The summed E-state index contributed by atoms with van der Waals surface area (Å²) in [5, 5.41) is 3.62. The highest BCUT2D eigenvalue weighted by Crippen LogP contribution is 2.37. The molecule has 0 aromatic carbocycles. The molecule has 3 unspecified atom stereocenters. The van der Waals surface area contributed by atoms with Crippen molar-refractivity contribution in [1.29, 1.82) is 0 Å². The maximum atomic E-state index is 12.8. The van der Waals surface area contributed by atoms with Gasteiger partial charge in [-0.05, 0) is 25.7 Å². The Kier molecular flexibility index (Phi) is 4.35. The van der Waals surface area contributed by atoms with Gasteiger partial charge < -0.3 is 4.90 Å². The number of nitrogens with zero attached hydrogens (tertiary/aromatic N) is 1. The molecule has 2 rings (SSSR count). The average Bonchev–Trinajstić information content (AvgIpc) is 2.90. The van der Waals surface area contributed by atoms with Gasteiger partial charge >= 0.3 is 0 Å². The third kappa shape index (κ3) is 2.72. The Labute approximate surface area is 118 Å². The van der Waals surface area contributed by atoms with E-state index in [-0.39, 0.29) is 22.9 Å². The lowest BCUT2D eigenvalue weighted by atomic mass is 9.98. The summed E-state index contributed by atoms with van der Waals surface area (Å²) in [7, 11) is -0.884. The van der Waals surface area contributed by atoms with E-state index in [1.165, 1.54) is 0 Å². The van der Waals surface area contributed by atoms with Gasteiger partial charge in [-0.15, -0.1) is 0 Å². The zero-order valence-electron chi connectivity index (χ0n) is 12.4. The van der Waals surface area contributed by atoms with Crippen LogP contribution in [-0.2, 0) is 15.6 Å². The summed E-state index contributed by atoms with van der Waals surface area (Å²) in [5.41, 5.74) is -0.316. The maximum Gasteiger partial charge on any atom is 0.244 e. The second-order valence-electron chi connectivity index (χ2n) is 6.39. The molecule has 2 aliphatic rings. The van der Waals surface area contributed by atoms with E-state index in [0.717, 1.165) is 25.7 Å². The molecule has 0 aromatic rings. The molecule has 110 valence electrons. The fourth-order valence-electron chi connectivity index (χ4n) is 3.27. The van der Waals surface area contributed by atoms with E-state index in [9.17, 15) is 9.00 Å². The molecule has 3 atom stereocenters. The standard InChI is InChI=1S/C14H26N2O2S/c1-10(2)12-15-14(7-5-6-8-14)13(17)16(12)9-11(3)19(4)18/h10-12,15H,5-9H2,1-4H3. The monoisotopic (exact) mass is 286 g/mol. The molecule has 1 saturated carbocycles. The van der Waals surface area contributed by atoms with Crippen LogP contribution in [0.3, 0.4) is 0 Å². The highest BCUT2D eigenvalue weighted by Gasteiger charge is 2.52. The molecule has 1 aliphatic carbocycles. The van der Waals surface area contributed by atoms with E-state index in [4.69, 9.17) is 0 Å². The molecule has 4 nitrogen and oxygen atoms in total. The van der Waals surface area contributed by atoms with Crippen LogP contribution in [0, 0.1) is 5.92 Å². The highest BCUT2D eigenvalue weighted by molar-refractivity contribution is 7.84. The van der Waals surface area contributed by atoms with Crippen LogP contribution in [0.1, 0.15) is 46.5 Å². The smallest absolute Gasteiger partial charge is 0.244 e. The van der Waals surface area contributed by atoms with Crippen molar-refractivity contribution in [2.75, 3.05) is 12.8 Å². The highest BCUT2D eigenvalue weighted by atomic mass is 32.2. The van der Waals surface area contributed by atoms with Crippen molar-refractivity contribution in [2.24, 2.45) is 5.92 Å². The summed E-state index contributed by atoms with van der Waals surface area (Å²) in [6.07, 6.45) is 5.98. The molecule has 1 N–H and O–H groups in total. The van der Waals surface area contributed by atoms with Gasteiger partial charge in [-0.25, -0.2) is 0 Å². The quantitative estimate of drug-likeness (QED) is 0.851. The Balaban J connectivity index is 2.18. The second-order valence-corrected chi connectivity index (χ2v) is 8.19. The topological polar surface area (TPSA) is 49.4 Å². The Morgan fingerprint density at radius 3 is 2.42 bits per heavy atom. The van der Waals surface area contributed by atoms with Gasteiger partial charge in [0, 0.05) is 28.9 Å². The van der Waals surface area contributed by atoms with E-state index < -0.39 is 10.8 Å². The summed E-state index contributed by atoms with van der Waals surface area (Å²) >= 11 is 0. The van der Waals surface area contributed by atoms with Gasteiger partial charge in [0.15, 0.2) is 0 Å². The minimum atomic E-state index is -0.884. The molecule has 0 bridgehead atoms. The molecule has 1 saturated heterocycles. The van der Waals surface area contributed by atoms with E-state index in [1.807, 2.05) is 11.8 Å². The Bertz CT molecular complexity index is 378. The van der Waals surface area contributed by atoms with Crippen LogP contribution in [0.2, 0.25) is 0 Å². The third-order valence-electron chi connectivity index (χ3n) is 4.54. The van der Waals surface area contributed by atoms with E-state index in [2.05, 4.69) is 19.2 Å². The molecule has 5 heteroatoms. The summed E-state index contributed by atoms with van der Waals surface area (Å²) in [4.78, 5) is 14.7. The fraction of sp³-hybridized carbons (Fsp3) is 0.929. The Morgan fingerprint density at radius 2 is 1.95 bits per heavy atom. The van der Waals surface area contributed by atoms with Gasteiger partial charge in [0.25, 0.3) is 0 Å². The third-order valence-corrected chi connectivity index (χ3v) is 5.82. The SMILES string of the molecule is CC(C)C1NC2(CCCC2)C(=O)N1CC(C)S(C)=O. The zero-order valence-corrected chi connectivity index (χ0v) is 13.3. The maximum absolute atomic E-state index is 12.8. The van der Waals surface area contributed by atoms with Gasteiger partial charge in [0.05, 0.1) is 11.7 Å². The molecule has 1 spiro atoms. The van der Waals surface area contributed by atoms with Crippen LogP contribution in [0.25, 0.3) is 0 Å². The normalized spacial score (nSPS) is 29.4. The lowest BCUT2D eigenvalue weighted by molar-refractivity contribution is -0.133. The number of hydrogen-bond acceptors (Lipinski definition) is 3. The summed E-state index contributed by atoms with van der Waals surface area (Å²) in [5.74, 6) is 0.613. The second kappa shape index (κ2) is 5.52. The molecule has 0 aromatic heterocycles. The Hall–Kier alpha value is -0.420. The van der Waals surface area contributed by atoms with Crippen LogP contribution in [0.4, 0.5) is 0 Å². The van der Waals surface area contributed by atoms with Gasteiger partial charge in [-0.3, -0.25) is 14.3 Å². The molecular formula is C14H26N2O2S. The minimum absolute atomic E-state index is 0.0311. The average molecular weight is 286 g/mol. The van der Waals surface area contributed by atoms with Crippen molar-refractivity contribution < 1.29 is 9.00 Å². The number of carbonyl (C=O) groups is 1. The number of carbonyl (C=O) groups excluding carboxylic acids is 1. The van der Waals surface area contributed by atoms with Crippen molar-refractivity contribution in [3.05, 3.63) is 0 Å². The molecule has 19 heavy (non-hydrogen) atoms. The number of hydrogen-bond donors (Lipinski definition) is 1. The van der Waals surface area contributed by atoms with Crippen LogP contribution in [0.15, 0.2) is 0 Å². The predicted molar refractivity (Wildman–Crippen MR) is 78.2 cm³/mol. The van der Waals surface area contributed by atoms with E-state index >= 15 is 0 Å². The summed E-state index contributed by atoms with van der Waals surface area (Å²) < 4.78 is 11.6. The van der Waals surface area contributed by atoms with E-state index in [1.54, 1.807) is 6.26 Å². The Morgan fingerprint density at radius 1 is 1.37 bits per heavy atom. The molecule has 0 radical (unpaired) electrons. The van der Waals surface area contributed by atoms with Gasteiger partial charge in [-0.1, -0.05) is 26.7 Å². The summed E-state index contributed by atoms with van der Waals surface area (Å²) in [6.45, 7) is 6.83. The van der Waals surface area contributed by atoms with Crippen molar-refractivity contribution in [3.63, 3.8) is 0 Å². The number of rotatable bonds is 4. The van der Waals surface area contributed by atoms with Crippen LogP contribution in [0.5, 0.6) is 0 Å². The van der Waals surface area contributed by atoms with Gasteiger partial charge in [0.2, 0.25) is 5.91 Å². The van der Waals surface area contributed by atoms with Crippen LogP contribution < -0.4 is 5.32 Å². The molecule has 1 aliphatic heterocycles. The van der Waals surface area contributed by atoms with Crippen molar-refractivity contribution in [3.8, 4) is 0 Å². The van der Waals surface area contributed by atoms with Gasteiger partial charge in [0.1, 0.15) is 0 Å². The zero-order chi connectivity index (χ0) is 14.2. The minimum Gasteiger partial charge on any atom is -0.324 e. The molecule has 2 fully saturated rings. The number of amides is 1. The predicted octanol–water partition coefficient (Wildman–Crippen LogP) is 1.48. The first-order valence-corrected chi connectivity index (χ1v) is 8.90. The van der Waals surface area contributed by atoms with Crippen LogP contribution in [-0.4, -0.2) is 44.8 Å². The fourth-order valence-corrected chi connectivity index (χ4v) is 3.64. The van der Waals surface area contributed by atoms with Gasteiger partial charge in [-0.2, -0.15) is 0 Å².